The number of fused-ring (bicyclic) bond motifs is 1. The van der Waals surface area contributed by atoms with Crippen molar-refractivity contribution in [3.63, 3.8) is 0 Å². The van der Waals surface area contributed by atoms with Crippen LogP contribution in [0.3, 0.4) is 0 Å². The Bertz CT molecular complexity index is 1170. The number of nitrogens with zero attached hydrogens (tertiary/aromatic N) is 3. The highest BCUT2D eigenvalue weighted by atomic mass is 35.5. The van der Waals surface area contributed by atoms with Crippen molar-refractivity contribution in [1.29, 1.82) is 0 Å². The molecule has 1 aromatic heterocycles. The second kappa shape index (κ2) is 10.9. The van der Waals surface area contributed by atoms with E-state index >= 15 is 0 Å². The Kier molecular flexibility index (Phi) is 7.95. The molecule has 184 valence electrons. The van der Waals surface area contributed by atoms with E-state index in [1.165, 1.54) is 0 Å². The predicted octanol–water partition coefficient (Wildman–Crippen LogP) is 6.12. The third-order valence-electron chi connectivity index (χ3n) is 5.62. The van der Waals surface area contributed by atoms with Crippen molar-refractivity contribution in [2.24, 2.45) is 0 Å². The second-order valence-corrected chi connectivity index (χ2v) is 10.4. The predicted molar refractivity (Wildman–Crippen MR) is 138 cm³/mol. The summed E-state index contributed by atoms with van der Waals surface area (Å²) >= 11 is 12.4. The summed E-state index contributed by atoms with van der Waals surface area (Å²) in [6, 6.07) is 13.1. The minimum absolute atomic E-state index is 0.169. The molecule has 0 N–H and O–H groups in total. The first-order valence-electron chi connectivity index (χ1n) is 11.6. The van der Waals surface area contributed by atoms with Crippen molar-refractivity contribution in [3.8, 4) is 17.1 Å². The molecule has 3 aromatic rings. The Morgan fingerprint density at radius 2 is 1.80 bits per heavy atom. The van der Waals surface area contributed by atoms with Gasteiger partial charge in [0.1, 0.15) is 18.0 Å². The number of carbonyl (C=O) groups excluding carboxylic acids is 1. The summed E-state index contributed by atoms with van der Waals surface area (Å²) in [5, 5.41) is 1.17. The number of hydrogen-bond donors (Lipinski definition) is 0. The quantitative estimate of drug-likeness (QED) is 0.354. The van der Waals surface area contributed by atoms with Gasteiger partial charge in [0.25, 0.3) is 0 Å². The van der Waals surface area contributed by atoms with Crippen LogP contribution in [0.5, 0.6) is 5.75 Å². The molecule has 1 aliphatic heterocycles. The van der Waals surface area contributed by atoms with E-state index in [9.17, 15) is 4.79 Å². The van der Waals surface area contributed by atoms with Crippen LogP contribution in [-0.2, 0) is 29.1 Å². The Morgan fingerprint density at radius 1 is 1.09 bits per heavy atom. The lowest BCUT2D eigenvalue weighted by Crippen LogP contribution is -2.34. The summed E-state index contributed by atoms with van der Waals surface area (Å²) in [5.74, 6) is 1.23. The molecule has 2 aromatic carbocycles. The van der Waals surface area contributed by atoms with Crippen LogP contribution in [0.25, 0.3) is 11.4 Å². The summed E-state index contributed by atoms with van der Waals surface area (Å²) < 4.78 is 11.3. The second-order valence-electron chi connectivity index (χ2n) is 9.54. The fraction of sp³-hybridized carbons (Fsp3) is 0.370. The highest BCUT2D eigenvalue weighted by Crippen LogP contribution is 2.27. The zero-order valence-electron chi connectivity index (χ0n) is 20.2. The Labute approximate surface area is 216 Å². The normalized spacial score (nSPS) is 13.9. The number of rotatable bonds is 7. The van der Waals surface area contributed by atoms with Crippen LogP contribution >= 0.6 is 23.2 Å². The molecular formula is C27H29Cl2N3O3. The molecule has 0 spiro atoms. The number of ether oxygens (including phenoxy) is 2. The average molecular weight is 514 g/mol. The summed E-state index contributed by atoms with van der Waals surface area (Å²) in [6.45, 7) is 8.19. The molecule has 8 heteroatoms. The van der Waals surface area contributed by atoms with Gasteiger partial charge < -0.3 is 9.47 Å². The Balaban J connectivity index is 1.34. The molecule has 0 aliphatic carbocycles. The number of benzene rings is 2. The maximum atomic E-state index is 12.0. The molecule has 6 nitrogen and oxygen atoms in total. The standard InChI is InChI=1S/C27H29Cl2N3O3/c1-27(2,3)35-25(33)12-14-32-13-11-24-19(16-32)15-30-26(31-24)18-7-9-20(10-8-18)34-17-21-22(28)5-4-6-23(21)29/h4-10,15H,11-14,16-17H2,1-3H3. The molecular weight excluding hydrogens is 485 g/mol. The molecule has 0 radical (unpaired) electrons. The maximum absolute atomic E-state index is 12.0. The van der Waals surface area contributed by atoms with Crippen LogP contribution in [0, 0.1) is 0 Å². The first kappa shape index (κ1) is 25.4. The van der Waals surface area contributed by atoms with Crippen molar-refractivity contribution in [2.45, 2.75) is 52.4 Å². The smallest absolute Gasteiger partial charge is 0.307 e. The van der Waals surface area contributed by atoms with Crippen molar-refractivity contribution in [2.75, 3.05) is 13.1 Å². The highest BCUT2D eigenvalue weighted by molar-refractivity contribution is 6.35. The molecule has 4 rings (SSSR count). The summed E-state index contributed by atoms with van der Waals surface area (Å²) in [4.78, 5) is 23.6. The van der Waals surface area contributed by atoms with Gasteiger partial charge in [-0.05, 0) is 57.2 Å². The first-order valence-corrected chi connectivity index (χ1v) is 12.4. The summed E-state index contributed by atoms with van der Waals surface area (Å²) in [5.41, 5.74) is 3.38. The number of carbonyl (C=O) groups is 1. The topological polar surface area (TPSA) is 64.5 Å². The number of aromatic nitrogens is 2. The van der Waals surface area contributed by atoms with Gasteiger partial charge >= 0.3 is 5.97 Å². The zero-order chi connectivity index (χ0) is 25.0. The average Bonchev–Trinajstić information content (AvgIpc) is 2.81. The van der Waals surface area contributed by atoms with Gasteiger partial charge in [-0.3, -0.25) is 9.69 Å². The van der Waals surface area contributed by atoms with Crippen LogP contribution in [0.1, 0.15) is 44.0 Å². The summed E-state index contributed by atoms with van der Waals surface area (Å²) in [7, 11) is 0. The van der Waals surface area contributed by atoms with E-state index in [2.05, 4.69) is 9.88 Å². The molecule has 1 aliphatic rings. The van der Waals surface area contributed by atoms with Gasteiger partial charge in [-0.2, -0.15) is 0 Å². The third-order valence-corrected chi connectivity index (χ3v) is 6.33. The molecule has 2 heterocycles. The lowest BCUT2D eigenvalue weighted by molar-refractivity contribution is -0.155. The minimum Gasteiger partial charge on any atom is -0.489 e. The Hall–Kier alpha value is -2.67. The van der Waals surface area contributed by atoms with E-state index in [1.54, 1.807) is 12.1 Å². The molecule has 35 heavy (non-hydrogen) atoms. The van der Waals surface area contributed by atoms with Crippen molar-refractivity contribution >= 4 is 29.2 Å². The van der Waals surface area contributed by atoms with E-state index in [1.807, 2.05) is 57.3 Å². The van der Waals surface area contributed by atoms with Crippen LogP contribution in [0.4, 0.5) is 0 Å². The highest BCUT2D eigenvalue weighted by Gasteiger charge is 2.21. The molecule has 0 fully saturated rings. The molecule has 0 atom stereocenters. The van der Waals surface area contributed by atoms with Gasteiger partial charge in [-0.25, -0.2) is 9.97 Å². The number of halogens is 2. The minimum atomic E-state index is -0.455. The molecule has 0 saturated heterocycles. The van der Waals surface area contributed by atoms with Crippen molar-refractivity contribution in [3.05, 3.63) is 75.5 Å². The SMILES string of the molecule is CC(C)(C)OC(=O)CCN1CCc2nc(-c3ccc(OCc4c(Cl)cccc4Cl)cc3)ncc2C1. The molecule has 0 amide bonds. The summed E-state index contributed by atoms with van der Waals surface area (Å²) in [6.07, 6.45) is 3.09. The van der Waals surface area contributed by atoms with E-state index < -0.39 is 5.60 Å². The molecule has 0 unspecified atom stereocenters. The van der Waals surface area contributed by atoms with Gasteiger partial charge in [0.2, 0.25) is 0 Å². The van der Waals surface area contributed by atoms with Crippen molar-refractivity contribution < 1.29 is 14.3 Å². The first-order chi connectivity index (χ1) is 16.7. The number of hydrogen-bond acceptors (Lipinski definition) is 6. The van der Waals surface area contributed by atoms with Crippen molar-refractivity contribution in [1.82, 2.24) is 14.9 Å². The van der Waals surface area contributed by atoms with E-state index in [-0.39, 0.29) is 12.6 Å². The van der Waals surface area contributed by atoms with Crippen LogP contribution < -0.4 is 4.74 Å². The van der Waals surface area contributed by atoms with E-state index in [4.69, 9.17) is 37.7 Å². The van der Waals surface area contributed by atoms with Crippen LogP contribution in [0.15, 0.2) is 48.7 Å². The maximum Gasteiger partial charge on any atom is 0.307 e. The monoisotopic (exact) mass is 513 g/mol. The third kappa shape index (κ3) is 6.94. The van der Waals surface area contributed by atoms with Gasteiger partial charge in [-0.1, -0.05) is 29.3 Å². The fourth-order valence-corrected chi connectivity index (χ4v) is 4.38. The largest absolute Gasteiger partial charge is 0.489 e. The van der Waals surface area contributed by atoms with Gasteiger partial charge in [-0.15, -0.1) is 0 Å². The van der Waals surface area contributed by atoms with E-state index in [0.717, 1.165) is 41.9 Å². The lowest BCUT2D eigenvalue weighted by atomic mass is 10.1. The molecule has 0 saturated carbocycles. The van der Waals surface area contributed by atoms with Crippen LogP contribution in [0.2, 0.25) is 10.0 Å². The zero-order valence-corrected chi connectivity index (χ0v) is 21.7. The molecule has 0 bridgehead atoms. The Morgan fingerprint density at radius 3 is 2.49 bits per heavy atom. The van der Waals surface area contributed by atoms with E-state index in [0.29, 0.717) is 34.6 Å². The van der Waals surface area contributed by atoms with Gasteiger partial charge in [0.15, 0.2) is 5.82 Å². The fourth-order valence-electron chi connectivity index (χ4n) is 3.87. The number of esters is 1. The van der Waals surface area contributed by atoms with Gasteiger partial charge in [0.05, 0.1) is 12.1 Å². The van der Waals surface area contributed by atoms with Gasteiger partial charge in [0, 0.05) is 59.0 Å². The lowest BCUT2D eigenvalue weighted by Gasteiger charge is -2.28. The van der Waals surface area contributed by atoms with Crippen LogP contribution in [-0.4, -0.2) is 39.5 Å².